The third-order valence-electron chi connectivity index (χ3n) is 5.41. The van der Waals surface area contributed by atoms with Gasteiger partial charge in [0.2, 0.25) is 0 Å². The van der Waals surface area contributed by atoms with E-state index in [4.69, 9.17) is 0 Å². The summed E-state index contributed by atoms with van der Waals surface area (Å²) >= 11 is 2.16. The van der Waals surface area contributed by atoms with E-state index in [9.17, 15) is 4.79 Å². The minimum absolute atomic E-state index is 0.0397. The summed E-state index contributed by atoms with van der Waals surface area (Å²) in [5.74, 6) is 2.97. The molecule has 0 aromatic heterocycles. The summed E-state index contributed by atoms with van der Waals surface area (Å²) in [4.78, 5) is 12.1. The van der Waals surface area contributed by atoms with Gasteiger partial charge in [-0.2, -0.15) is 0 Å². The van der Waals surface area contributed by atoms with Crippen molar-refractivity contribution in [1.82, 2.24) is 0 Å². The molecule has 0 bridgehead atoms. The zero-order valence-electron chi connectivity index (χ0n) is 19.5. The van der Waals surface area contributed by atoms with Crippen molar-refractivity contribution in [1.29, 1.82) is 0 Å². The normalized spacial score (nSPS) is 9.97. The third kappa shape index (κ3) is 7.02. The first-order valence-corrected chi connectivity index (χ1v) is 13.9. The number of hydrogen-bond acceptors (Lipinski definition) is 1. The van der Waals surface area contributed by atoms with Gasteiger partial charge in [0.1, 0.15) is 0 Å². The van der Waals surface area contributed by atoms with Crippen molar-refractivity contribution in [2.24, 2.45) is 0 Å². The van der Waals surface area contributed by atoms with Crippen LogP contribution in [0, 0.1) is 10.1 Å². The SMILES string of the molecule is O=C(c1ccccc1)c1ccc(C#[C][Au])cc1.c1ccc(P(c2ccccc2)c2ccccc2)cc1. The molecule has 0 aliphatic carbocycles. The van der Waals surface area contributed by atoms with E-state index in [2.05, 4.69) is 122 Å². The topological polar surface area (TPSA) is 17.1 Å². The Labute approximate surface area is 226 Å². The summed E-state index contributed by atoms with van der Waals surface area (Å²) < 4.78 is 2.77. The Balaban J connectivity index is 0.000000170. The van der Waals surface area contributed by atoms with Crippen molar-refractivity contribution in [3.05, 3.63) is 162 Å². The van der Waals surface area contributed by atoms with E-state index >= 15 is 0 Å². The van der Waals surface area contributed by atoms with E-state index in [0.717, 1.165) is 5.56 Å². The van der Waals surface area contributed by atoms with Gasteiger partial charge in [0.05, 0.1) is 0 Å². The second kappa shape index (κ2) is 13.6. The second-order valence-corrected chi connectivity index (χ2v) is 10.6. The number of ketones is 1. The zero-order chi connectivity index (χ0) is 25.0. The van der Waals surface area contributed by atoms with Gasteiger partial charge >= 0.3 is 113 Å². The van der Waals surface area contributed by atoms with Crippen LogP contribution < -0.4 is 15.9 Å². The van der Waals surface area contributed by atoms with Crippen molar-refractivity contribution in [2.75, 3.05) is 0 Å². The molecule has 0 unspecified atom stereocenters. The first kappa shape index (κ1) is 25.6. The molecule has 5 aromatic carbocycles. The van der Waals surface area contributed by atoms with Gasteiger partial charge in [-0.05, 0) is 23.8 Å². The molecular formula is C33H24AuOP. The predicted octanol–water partition coefficient (Wildman–Crippen LogP) is 6.22. The maximum Gasteiger partial charge on any atom is -0.0134 e. The fourth-order valence-electron chi connectivity index (χ4n) is 3.68. The van der Waals surface area contributed by atoms with Crippen LogP contribution in [0.1, 0.15) is 21.5 Å². The Morgan fingerprint density at radius 3 is 1.25 bits per heavy atom. The minimum Gasteiger partial charge on any atom is -0.0622 e. The van der Waals surface area contributed by atoms with E-state index in [1.807, 2.05) is 54.6 Å². The van der Waals surface area contributed by atoms with Crippen LogP contribution in [0.25, 0.3) is 0 Å². The molecule has 0 spiro atoms. The Bertz CT molecular complexity index is 1330. The van der Waals surface area contributed by atoms with Gasteiger partial charge in [-0.3, -0.25) is 0 Å². The molecule has 5 aromatic rings. The standard InChI is InChI=1S/C18H15P.C15H9O.Au/c1-4-10-16(11-5-1)19(17-12-6-2-7-13-17)18-14-8-3-9-15-18;1-2-12-8-10-14(11-9-12)15(16)13-6-4-3-5-7-13;/h1-15H;3-11H;. The predicted molar refractivity (Wildman–Crippen MR) is 148 cm³/mol. The van der Waals surface area contributed by atoms with E-state index in [-0.39, 0.29) is 5.78 Å². The van der Waals surface area contributed by atoms with Crippen LogP contribution in [0.15, 0.2) is 146 Å². The summed E-state index contributed by atoms with van der Waals surface area (Å²) in [6.45, 7) is 0. The molecule has 0 saturated carbocycles. The molecule has 5 rings (SSSR count). The minimum atomic E-state index is -0.446. The van der Waals surface area contributed by atoms with Crippen LogP contribution in [0.2, 0.25) is 0 Å². The van der Waals surface area contributed by atoms with Crippen LogP contribution in [0.4, 0.5) is 0 Å². The molecule has 178 valence electrons. The zero-order valence-corrected chi connectivity index (χ0v) is 22.6. The van der Waals surface area contributed by atoms with Gasteiger partial charge in [0.15, 0.2) is 0 Å². The molecule has 0 fully saturated rings. The van der Waals surface area contributed by atoms with Gasteiger partial charge in [0, 0.05) is 0 Å². The van der Waals surface area contributed by atoms with Crippen molar-refractivity contribution < 1.29 is 25.9 Å². The molecule has 0 atom stereocenters. The Morgan fingerprint density at radius 2 is 0.861 bits per heavy atom. The quantitative estimate of drug-likeness (QED) is 0.0945. The van der Waals surface area contributed by atoms with E-state index in [0.29, 0.717) is 11.1 Å². The fraction of sp³-hybridized carbons (Fsp3) is 0. The summed E-state index contributed by atoms with van der Waals surface area (Å²) in [6, 6.07) is 48.9. The smallest absolute Gasteiger partial charge is 0.0134 e. The van der Waals surface area contributed by atoms with Crippen LogP contribution in [0.3, 0.4) is 0 Å². The van der Waals surface area contributed by atoms with Crippen LogP contribution >= 0.6 is 7.92 Å². The van der Waals surface area contributed by atoms with E-state index < -0.39 is 7.92 Å². The number of benzene rings is 5. The molecule has 1 nitrogen and oxygen atoms in total. The van der Waals surface area contributed by atoms with E-state index in [1.165, 1.54) is 15.9 Å². The molecule has 3 heteroatoms. The number of rotatable bonds is 5. The summed E-state index contributed by atoms with van der Waals surface area (Å²) in [7, 11) is -0.446. The van der Waals surface area contributed by atoms with Crippen LogP contribution in [-0.4, -0.2) is 5.78 Å². The molecule has 0 aliphatic heterocycles. The number of carbonyl (C=O) groups is 1. The van der Waals surface area contributed by atoms with Gasteiger partial charge < -0.3 is 0 Å². The van der Waals surface area contributed by atoms with Gasteiger partial charge in [-0.1, -0.05) is 91.0 Å². The van der Waals surface area contributed by atoms with Gasteiger partial charge in [-0.25, -0.2) is 0 Å². The second-order valence-electron chi connectivity index (χ2n) is 7.81. The van der Waals surface area contributed by atoms with Crippen molar-refractivity contribution in [3.8, 4) is 10.1 Å². The molecular weight excluding hydrogens is 640 g/mol. The Hall–Kier alpha value is -3.50. The fourth-order valence-corrected chi connectivity index (χ4v) is 6.30. The number of hydrogen-bond donors (Lipinski definition) is 0. The monoisotopic (exact) mass is 664 g/mol. The summed E-state index contributed by atoms with van der Waals surface area (Å²) in [6.07, 6.45) is 0. The largest absolute Gasteiger partial charge is 0.0622 e. The summed E-state index contributed by atoms with van der Waals surface area (Å²) in [5.41, 5.74) is 2.31. The molecule has 0 saturated heterocycles. The number of carbonyl (C=O) groups excluding carboxylic acids is 1. The summed E-state index contributed by atoms with van der Waals surface area (Å²) in [5, 5.41) is 4.19. The molecule has 0 aliphatic rings. The van der Waals surface area contributed by atoms with Crippen molar-refractivity contribution in [3.63, 3.8) is 0 Å². The first-order chi connectivity index (χ1) is 17.8. The van der Waals surface area contributed by atoms with Crippen molar-refractivity contribution >= 4 is 29.6 Å². The van der Waals surface area contributed by atoms with Gasteiger partial charge in [0.25, 0.3) is 0 Å². The molecule has 0 N–H and O–H groups in total. The molecule has 0 heterocycles. The first-order valence-electron chi connectivity index (χ1n) is 11.5. The molecule has 0 amide bonds. The maximum atomic E-state index is 12.1. The van der Waals surface area contributed by atoms with Gasteiger partial charge in [-0.15, -0.1) is 0 Å². The third-order valence-corrected chi connectivity index (χ3v) is 8.12. The van der Waals surface area contributed by atoms with Crippen molar-refractivity contribution in [2.45, 2.75) is 0 Å². The van der Waals surface area contributed by atoms with Crippen LogP contribution in [0.5, 0.6) is 0 Å². The molecule has 0 radical (unpaired) electrons. The van der Waals surface area contributed by atoms with Crippen LogP contribution in [-0.2, 0) is 21.1 Å². The Morgan fingerprint density at radius 1 is 0.500 bits per heavy atom. The maximum absolute atomic E-state index is 12.1. The average molecular weight is 664 g/mol. The van der Waals surface area contributed by atoms with E-state index in [1.54, 1.807) is 0 Å². The Kier molecular flexibility index (Phi) is 9.63. The average Bonchev–Trinajstić information content (AvgIpc) is 2.96. The molecule has 36 heavy (non-hydrogen) atoms.